The van der Waals surface area contributed by atoms with Crippen molar-refractivity contribution in [3.05, 3.63) is 34.3 Å². The topological polar surface area (TPSA) is 52.9 Å². The van der Waals surface area contributed by atoms with Gasteiger partial charge in [0.15, 0.2) is 0 Å². The van der Waals surface area contributed by atoms with Crippen LogP contribution in [0.25, 0.3) is 0 Å². The maximum absolute atomic E-state index is 11.8. The lowest BCUT2D eigenvalue weighted by Gasteiger charge is -2.13. The van der Waals surface area contributed by atoms with Gasteiger partial charge in [-0.05, 0) is 36.6 Å². The third kappa shape index (κ3) is 4.58. The molecule has 0 saturated heterocycles. The second kappa shape index (κ2) is 6.41. The Balaban J connectivity index is 2.65. The van der Waals surface area contributed by atoms with Crippen molar-refractivity contribution >= 4 is 21.8 Å². The van der Waals surface area contributed by atoms with Crippen LogP contribution in [0.4, 0.5) is 0 Å². The van der Waals surface area contributed by atoms with E-state index in [1.165, 1.54) is 0 Å². The molecule has 1 rings (SSSR count). The third-order valence-corrected chi connectivity index (χ3v) is 2.80. The zero-order chi connectivity index (χ0) is 12.8. The minimum absolute atomic E-state index is 0.204. The molecular weight excluding hydrogens is 280 g/mol. The molecular formula is C13H15BrN2O. The molecule has 1 unspecified atom stereocenters. The number of hydrogen-bond donors (Lipinski definition) is 1. The predicted octanol–water partition coefficient (Wildman–Crippen LogP) is 3.12. The Morgan fingerprint density at radius 1 is 1.41 bits per heavy atom. The molecule has 0 radical (unpaired) electrons. The summed E-state index contributed by atoms with van der Waals surface area (Å²) in [5, 5.41) is 11.7. The molecule has 1 aromatic rings. The Morgan fingerprint density at radius 2 is 2.00 bits per heavy atom. The molecule has 4 heteroatoms. The third-order valence-electron chi connectivity index (χ3n) is 2.27. The Hall–Kier alpha value is -1.34. The molecule has 1 atom stereocenters. The Bertz CT molecular complexity index is 420. The van der Waals surface area contributed by atoms with Crippen LogP contribution in [0.15, 0.2) is 28.7 Å². The molecule has 3 nitrogen and oxygen atoms in total. The minimum atomic E-state index is -0.425. The summed E-state index contributed by atoms with van der Waals surface area (Å²) in [4.78, 5) is 11.8. The zero-order valence-electron chi connectivity index (χ0n) is 9.90. The Kier molecular flexibility index (Phi) is 5.17. The highest BCUT2D eigenvalue weighted by Crippen LogP contribution is 2.11. The normalized spacial score (nSPS) is 11.9. The highest BCUT2D eigenvalue weighted by atomic mass is 79.9. The molecule has 1 N–H and O–H groups in total. The first-order valence-electron chi connectivity index (χ1n) is 5.49. The van der Waals surface area contributed by atoms with Gasteiger partial charge in [-0.15, -0.1) is 0 Å². The fourth-order valence-electron chi connectivity index (χ4n) is 1.46. The Morgan fingerprint density at radius 3 is 2.47 bits per heavy atom. The van der Waals surface area contributed by atoms with Gasteiger partial charge < -0.3 is 5.32 Å². The van der Waals surface area contributed by atoms with Gasteiger partial charge in [-0.3, -0.25) is 4.79 Å². The van der Waals surface area contributed by atoms with Crippen molar-refractivity contribution < 1.29 is 4.79 Å². The molecule has 0 saturated carbocycles. The quantitative estimate of drug-likeness (QED) is 0.928. The van der Waals surface area contributed by atoms with Gasteiger partial charge in [-0.25, -0.2) is 0 Å². The van der Waals surface area contributed by atoms with E-state index in [1.54, 1.807) is 24.3 Å². The molecule has 0 heterocycles. The molecule has 0 aliphatic rings. The number of nitriles is 1. The van der Waals surface area contributed by atoms with Crippen LogP contribution in [-0.2, 0) is 0 Å². The van der Waals surface area contributed by atoms with Crippen LogP contribution >= 0.6 is 15.9 Å². The van der Waals surface area contributed by atoms with E-state index in [1.807, 2.05) is 13.8 Å². The number of carbonyl (C=O) groups is 1. The maximum atomic E-state index is 11.8. The van der Waals surface area contributed by atoms with Gasteiger partial charge >= 0.3 is 0 Å². The highest BCUT2D eigenvalue weighted by molar-refractivity contribution is 9.10. The maximum Gasteiger partial charge on any atom is 0.252 e. The lowest BCUT2D eigenvalue weighted by atomic mass is 10.0. The van der Waals surface area contributed by atoms with E-state index in [0.29, 0.717) is 17.9 Å². The van der Waals surface area contributed by atoms with Crippen molar-refractivity contribution in [2.45, 2.75) is 26.3 Å². The van der Waals surface area contributed by atoms with Gasteiger partial charge in [0.25, 0.3) is 5.91 Å². The van der Waals surface area contributed by atoms with E-state index in [9.17, 15) is 4.79 Å². The first kappa shape index (κ1) is 13.7. The average molecular weight is 295 g/mol. The summed E-state index contributed by atoms with van der Waals surface area (Å²) in [6, 6.07) is 8.74. The second-order valence-corrected chi connectivity index (χ2v) is 5.21. The SMILES string of the molecule is CC(C)CC(C#N)NC(=O)c1ccc(Br)cc1. The molecule has 0 spiro atoms. The summed E-state index contributed by atoms with van der Waals surface area (Å²) in [5.41, 5.74) is 0.567. The molecule has 0 bridgehead atoms. The molecule has 17 heavy (non-hydrogen) atoms. The number of nitrogens with one attached hydrogen (secondary N) is 1. The van der Waals surface area contributed by atoms with Crippen LogP contribution in [0.1, 0.15) is 30.6 Å². The summed E-state index contributed by atoms with van der Waals surface area (Å²) < 4.78 is 0.924. The minimum Gasteiger partial charge on any atom is -0.336 e. The molecule has 0 aliphatic heterocycles. The average Bonchev–Trinajstić information content (AvgIpc) is 2.28. The van der Waals surface area contributed by atoms with Gasteiger partial charge in [0.2, 0.25) is 0 Å². The lowest BCUT2D eigenvalue weighted by molar-refractivity contribution is 0.0942. The van der Waals surface area contributed by atoms with E-state index in [0.717, 1.165) is 4.47 Å². The molecule has 0 aliphatic carbocycles. The van der Waals surface area contributed by atoms with Crippen LogP contribution < -0.4 is 5.32 Å². The predicted molar refractivity (Wildman–Crippen MR) is 70.5 cm³/mol. The number of halogens is 1. The lowest BCUT2D eigenvalue weighted by Crippen LogP contribution is -2.34. The zero-order valence-corrected chi connectivity index (χ0v) is 11.5. The molecule has 0 aromatic heterocycles. The number of benzene rings is 1. The largest absolute Gasteiger partial charge is 0.336 e. The van der Waals surface area contributed by atoms with Gasteiger partial charge in [-0.1, -0.05) is 29.8 Å². The molecule has 1 amide bonds. The van der Waals surface area contributed by atoms with Crippen molar-refractivity contribution in [3.8, 4) is 6.07 Å². The number of amides is 1. The van der Waals surface area contributed by atoms with Crippen molar-refractivity contribution in [1.82, 2.24) is 5.32 Å². The molecule has 90 valence electrons. The van der Waals surface area contributed by atoms with Crippen molar-refractivity contribution in [3.63, 3.8) is 0 Å². The highest BCUT2D eigenvalue weighted by Gasteiger charge is 2.14. The van der Waals surface area contributed by atoms with Crippen LogP contribution in [-0.4, -0.2) is 11.9 Å². The first-order chi connectivity index (χ1) is 8.02. The number of hydrogen-bond acceptors (Lipinski definition) is 2. The van der Waals surface area contributed by atoms with Crippen molar-refractivity contribution in [2.24, 2.45) is 5.92 Å². The van der Waals surface area contributed by atoms with Crippen molar-refractivity contribution in [2.75, 3.05) is 0 Å². The second-order valence-electron chi connectivity index (χ2n) is 4.29. The first-order valence-corrected chi connectivity index (χ1v) is 6.28. The Labute approximate surface area is 110 Å². The number of rotatable bonds is 4. The van der Waals surface area contributed by atoms with E-state index in [-0.39, 0.29) is 5.91 Å². The van der Waals surface area contributed by atoms with Gasteiger partial charge in [0.05, 0.1) is 6.07 Å². The van der Waals surface area contributed by atoms with E-state index < -0.39 is 6.04 Å². The number of carbonyl (C=O) groups excluding carboxylic acids is 1. The summed E-state index contributed by atoms with van der Waals surface area (Å²) in [5.74, 6) is 0.176. The summed E-state index contributed by atoms with van der Waals surface area (Å²) in [6.45, 7) is 4.05. The van der Waals surface area contributed by atoms with E-state index in [2.05, 4.69) is 27.3 Å². The van der Waals surface area contributed by atoms with Gasteiger partial charge in [0, 0.05) is 10.0 Å². The van der Waals surface area contributed by atoms with Crippen LogP contribution in [0.2, 0.25) is 0 Å². The molecule has 1 aromatic carbocycles. The van der Waals surface area contributed by atoms with Crippen LogP contribution in [0.3, 0.4) is 0 Å². The standard InChI is InChI=1S/C13H15BrN2O/c1-9(2)7-12(8-15)16-13(17)10-3-5-11(14)6-4-10/h3-6,9,12H,7H2,1-2H3,(H,16,17). The fraction of sp³-hybridized carbons (Fsp3) is 0.385. The van der Waals surface area contributed by atoms with Crippen LogP contribution in [0, 0.1) is 17.2 Å². The van der Waals surface area contributed by atoms with Gasteiger partial charge in [-0.2, -0.15) is 5.26 Å². The van der Waals surface area contributed by atoms with Crippen molar-refractivity contribution in [1.29, 1.82) is 5.26 Å². The van der Waals surface area contributed by atoms with E-state index >= 15 is 0 Å². The van der Waals surface area contributed by atoms with Crippen LogP contribution in [0.5, 0.6) is 0 Å². The van der Waals surface area contributed by atoms with E-state index in [4.69, 9.17) is 5.26 Å². The fourth-order valence-corrected chi connectivity index (χ4v) is 1.72. The summed E-state index contributed by atoms with van der Waals surface area (Å²) in [6.07, 6.45) is 0.665. The monoisotopic (exact) mass is 294 g/mol. The summed E-state index contributed by atoms with van der Waals surface area (Å²) >= 11 is 3.31. The number of nitrogens with zero attached hydrogens (tertiary/aromatic N) is 1. The summed E-state index contributed by atoms with van der Waals surface area (Å²) in [7, 11) is 0. The smallest absolute Gasteiger partial charge is 0.252 e. The van der Waals surface area contributed by atoms with Gasteiger partial charge in [0.1, 0.15) is 6.04 Å². The molecule has 0 fully saturated rings.